The van der Waals surface area contributed by atoms with Gasteiger partial charge in [0.1, 0.15) is 23.9 Å². The molecule has 1 aliphatic carbocycles. The van der Waals surface area contributed by atoms with E-state index in [0.29, 0.717) is 24.1 Å². The zero-order chi connectivity index (χ0) is 26.9. The van der Waals surface area contributed by atoms with Crippen molar-refractivity contribution in [3.8, 4) is 28.6 Å². The molecule has 2 heterocycles. The van der Waals surface area contributed by atoms with Crippen LogP contribution in [0, 0.1) is 6.92 Å². The first kappa shape index (κ1) is 25.4. The lowest BCUT2D eigenvalue weighted by Crippen LogP contribution is -2.14. The Kier molecular flexibility index (Phi) is 6.95. The maximum Gasteiger partial charge on any atom is 0.335 e. The first-order valence-electron chi connectivity index (χ1n) is 13.2. The molecule has 198 valence electrons. The summed E-state index contributed by atoms with van der Waals surface area (Å²) < 4.78 is 15.1. The lowest BCUT2D eigenvalue weighted by Gasteiger charge is -2.25. The number of imidazole rings is 1. The summed E-state index contributed by atoms with van der Waals surface area (Å²) >= 11 is 3.62. The molecule has 8 heteroatoms. The molecule has 2 aromatic heterocycles. The van der Waals surface area contributed by atoms with Crippen LogP contribution in [-0.2, 0) is 6.61 Å². The van der Waals surface area contributed by atoms with Gasteiger partial charge in [-0.05, 0) is 80.4 Å². The van der Waals surface area contributed by atoms with Gasteiger partial charge in [0.25, 0.3) is 0 Å². The number of rotatable bonds is 7. The average molecular weight is 586 g/mol. The summed E-state index contributed by atoms with van der Waals surface area (Å²) in [5.74, 6) is 2.02. The quantitative estimate of drug-likeness (QED) is 0.207. The number of halogens is 1. The van der Waals surface area contributed by atoms with Gasteiger partial charge in [0.2, 0.25) is 5.89 Å². The number of benzene rings is 3. The first-order chi connectivity index (χ1) is 19.0. The molecule has 5 aromatic rings. The van der Waals surface area contributed by atoms with E-state index in [0.717, 1.165) is 56.9 Å². The van der Waals surface area contributed by atoms with Crippen molar-refractivity contribution in [2.24, 2.45) is 0 Å². The molecule has 3 aromatic carbocycles. The fraction of sp³-hybridized carbons (Fsp3) is 0.258. The number of hydrogen-bond donors (Lipinski definition) is 1. The monoisotopic (exact) mass is 585 g/mol. The molecule has 1 saturated carbocycles. The highest BCUT2D eigenvalue weighted by Gasteiger charge is 2.23. The maximum absolute atomic E-state index is 11.6. The number of aryl methyl sites for hydroxylation is 1. The third-order valence-electron chi connectivity index (χ3n) is 7.30. The number of nitrogens with zero attached hydrogens (tertiary/aromatic N) is 3. The molecule has 0 radical (unpaired) electrons. The van der Waals surface area contributed by atoms with Crippen molar-refractivity contribution in [2.75, 3.05) is 0 Å². The normalized spacial score (nSPS) is 14.1. The van der Waals surface area contributed by atoms with E-state index < -0.39 is 5.97 Å². The second-order valence-corrected chi connectivity index (χ2v) is 10.9. The number of carboxylic acid groups (broad SMARTS) is 1. The summed E-state index contributed by atoms with van der Waals surface area (Å²) in [6, 6.07) is 19.5. The SMILES string of the molecule is Cc1cnc(-c2ccc(Br)c(COc3ccc(-c4nc5cc(C(=O)O)ccc5n4C4CCCCC4)cc3)c2)o1. The zero-order valence-corrected chi connectivity index (χ0v) is 23.1. The summed E-state index contributed by atoms with van der Waals surface area (Å²) in [4.78, 5) is 20.8. The van der Waals surface area contributed by atoms with E-state index in [-0.39, 0.29) is 5.56 Å². The standard InChI is InChI=1S/C31H28BrN3O4/c1-19-17-33-30(39-19)21-9-13-26(32)23(15-21)18-38-25-11-7-20(8-12-25)29-34-27-16-22(31(36)37)10-14-28(27)35(29)24-5-3-2-4-6-24/h7-17,24H,2-6,18H2,1H3,(H,36,37). The maximum atomic E-state index is 11.6. The number of fused-ring (bicyclic) bond motifs is 1. The lowest BCUT2D eigenvalue weighted by atomic mass is 9.95. The highest BCUT2D eigenvalue weighted by molar-refractivity contribution is 9.10. The number of aromatic nitrogens is 3. The van der Waals surface area contributed by atoms with Crippen LogP contribution < -0.4 is 4.74 Å². The predicted octanol–water partition coefficient (Wildman–Crippen LogP) is 8.21. The first-order valence-corrected chi connectivity index (χ1v) is 14.0. The molecule has 0 saturated heterocycles. The molecule has 0 spiro atoms. The van der Waals surface area contributed by atoms with E-state index in [1.54, 1.807) is 18.3 Å². The van der Waals surface area contributed by atoms with Crippen LogP contribution in [0.4, 0.5) is 0 Å². The number of carbonyl (C=O) groups is 1. The van der Waals surface area contributed by atoms with Gasteiger partial charge < -0.3 is 18.8 Å². The second kappa shape index (κ2) is 10.7. The van der Waals surface area contributed by atoms with Crippen molar-refractivity contribution < 1.29 is 19.1 Å². The van der Waals surface area contributed by atoms with Crippen molar-refractivity contribution in [3.63, 3.8) is 0 Å². The number of hydrogen-bond acceptors (Lipinski definition) is 5. The molecule has 0 atom stereocenters. The Hall–Kier alpha value is -3.91. The molecule has 1 aliphatic rings. The van der Waals surface area contributed by atoms with Crippen molar-refractivity contribution in [3.05, 3.63) is 88.2 Å². The molecule has 0 bridgehead atoms. The molecule has 7 nitrogen and oxygen atoms in total. The third kappa shape index (κ3) is 5.21. The minimum Gasteiger partial charge on any atom is -0.489 e. The van der Waals surface area contributed by atoms with Crippen LogP contribution in [0.25, 0.3) is 33.9 Å². The van der Waals surface area contributed by atoms with Crippen LogP contribution in [0.2, 0.25) is 0 Å². The van der Waals surface area contributed by atoms with Gasteiger partial charge in [-0.2, -0.15) is 0 Å². The van der Waals surface area contributed by atoms with Crippen LogP contribution in [0.15, 0.2) is 75.8 Å². The highest BCUT2D eigenvalue weighted by Crippen LogP contribution is 2.37. The van der Waals surface area contributed by atoms with Crippen LogP contribution in [0.1, 0.15) is 59.8 Å². The molecule has 0 amide bonds. The molecular formula is C31H28BrN3O4. The lowest BCUT2D eigenvalue weighted by molar-refractivity contribution is 0.0697. The predicted molar refractivity (Wildman–Crippen MR) is 153 cm³/mol. The molecule has 1 N–H and O–H groups in total. The fourth-order valence-electron chi connectivity index (χ4n) is 5.31. The van der Waals surface area contributed by atoms with Gasteiger partial charge in [-0.25, -0.2) is 14.8 Å². The van der Waals surface area contributed by atoms with Crippen LogP contribution in [0.5, 0.6) is 5.75 Å². The fourth-order valence-corrected chi connectivity index (χ4v) is 5.67. The molecular weight excluding hydrogens is 558 g/mol. The van der Waals surface area contributed by atoms with Crippen LogP contribution in [-0.4, -0.2) is 25.6 Å². The molecule has 0 aliphatic heterocycles. The number of carboxylic acids is 1. The number of oxazole rings is 1. The topological polar surface area (TPSA) is 90.4 Å². The molecule has 1 fully saturated rings. The van der Waals surface area contributed by atoms with E-state index in [1.807, 2.05) is 55.5 Å². The van der Waals surface area contributed by atoms with E-state index in [2.05, 4.69) is 25.5 Å². The molecule has 39 heavy (non-hydrogen) atoms. The van der Waals surface area contributed by atoms with Gasteiger partial charge >= 0.3 is 5.97 Å². The molecule has 0 unspecified atom stereocenters. The Morgan fingerprint density at radius 2 is 1.82 bits per heavy atom. The summed E-state index contributed by atoms with van der Waals surface area (Å²) in [6.07, 6.45) is 7.54. The largest absolute Gasteiger partial charge is 0.489 e. The van der Waals surface area contributed by atoms with Gasteiger partial charge in [0, 0.05) is 27.2 Å². The summed E-state index contributed by atoms with van der Waals surface area (Å²) in [5, 5.41) is 9.48. The minimum atomic E-state index is -0.945. The van der Waals surface area contributed by atoms with Crippen molar-refractivity contribution in [1.29, 1.82) is 0 Å². The molecule has 6 rings (SSSR count). The van der Waals surface area contributed by atoms with E-state index >= 15 is 0 Å². The Balaban J connectivity index is 1.27. The van der Waals surface area contributed by atoms with Crippen molar-refractivity contribution in [1.82, 2.24) is 14.5 Å². The third-order valence-corrected chi connectivity index (χ3v) is 8.07. The Bertz CT molecular complexity index is 1650. The van der Waals surface area contributed by atoms with E-state index in [9.17, 15) is 9.90 Å². The summed E-state index contributed by atoms with van der Waals surface area (Å²) in [6.45, 7) is 2.26. The number of aromatic carboxylic acids is 1. The van der Waals surface area contributed by atoms with Gasteiger partial charge in [-0.3, -0.25) is 0 Å². The summed E-state index contributed by atoms with van der Waals surface area (Å²) in [7, 11) is 0. The smallest absolute Gasteiger partial charge is 0.335 e. The number of ether oxygens (including phenoxy) is 1. The minimum absolute atomic E-state index is 0.249. The van der Waals surface area contributed by atoms with Gasteiger partial charge in [0.15, 0.2) is 0 Å². The Morgan fingerprint density at radius 3 is 2.54 bits per heavy atom. The van der Waals surface area contributed by atoms with Crippen LogP contribution >= 0.6 is 15.9 Å². The highest BCUT2D eigenvalue weighted by atomic mass is 79.9. The van der Waals surface area contributed by atoms with Crippen molar-refractivity contribution >= 4 is 32.9 Å². The van der Waals surface area contributed by atoms with Crippen LogP contribution in [0.3, 0.4) is 0 Å². The van der Waals surface area contributed by atoms with E-state index in [1.165, 1.54) is 19.3 Å². The second-order valence-electron chi connectivity index (χ2n) is 10.0. The van der Waals surface area contributed by atoms with Gasteiger partial charge in [-0.1, -0.05) is 35.2 Å². The van der Waals surface area contributed by atoms with Gasteiger partial charge in [-0.15, -0.1) is 0 Å². The summed E-state index contributed by atoms with van der Waals surface area (Å²) in [5.41, 5.74) is 4.80. The van der Waals surface area contributed by atoms with Crippen molar-refractivity contribution in [2.45, 2.75) is 51.7 Å². The van der Waals surface area contributed by atoms with E-state index in [4.69, 9.17) is 14.1 Å². The Morgan fingerprint density at radius 1 is 1.05 bits per heavy atom. The zero-order valence-electron chi connectivity index (χ0n) is 21.6. The van der Waals surface area contributed by atoms with Gasteiger partial charge in [0.05, 0.1) is 22.8 Å². The average Bonchev–Trinajstić information content (AvgIpc) is 3.56. The Labute approximate surface area is 234 Å².